The Morgan fingerprint density at radius 3 is 2.09 bits per heavy atom. The van der Waals surface area contributed by atoms with Gasteiger partial charge in [0.15, 0.2) is 0 Å². The van der Waals surface area contributed by atoms with Crippen LogP contribution in [0.15, 0.2) is 48.5 Å². The number of carbonyl (C=O) groups is 2. The van der Waals surface area contributed by atoms with Crippen molar-refractivity contribution in [3.63, 3.8) is 0 Å². The van der Waals surface area contributed by atoms with E-state index in [9.17, 15) is 9.59 Å². The monoisotopic (exact) mass is 298 g/mol. The Morgan fingerprint density at radius 2 is 1.45 bits per heavy atom. The summed E-state index contributed by atoms with van der Waals surface area (Å²) in [4.78, 5) is 22.2. The van der Waals surface area contributed by atoms with E-state index in [0.29, 0.717) is 0 Å². The Morgan fingerprint density at radius 1 is 0.818 bits per heavy atom. The van der Waals surface area contributed by atoms with Crippen LogP contribution < -0.4 is 0 Å². The molecule has 0 radical (unpaired) electrons. The van der Waals surface area contributed by atoms with Gasteiger partial charge in [0.05, 0.1) is 0 Å². The van der Waals surface area contributed by atoms with Gasteiger partial charge in [0.2, 0.25) is 0 Å². The fourth-order valence-corrected chi connectivity index (χ4v) is 2.18. The highest BCUT2D eigenvalue weighted by Gasteiger charge is 2.12. The highest BCUT2D eigenvalue weighted by atomic mass is 16.5. The van der Waals surface area contributed by atoms with Crippen molar-refractivity contribution in [2.24, 2.45) is 0 Å². The molecule has 0 heterocycles. The van der Waals surface area contributed by atoms with Gasteiger partial charge in [-0.3, -0.25) is 9.59 Å². The van der Waals surface area contributed by atoms with Gasteiger partial charge in [-0.1, -0.05) is 48.5 Å². The van der Waals surface area contributed by atoms with E-state index in [2.05, 4.69) is 0 Å². The van der Waals surface area contributed by atoms with Crippen molar-refractivity contribution in [1.82, 2.24) is 0 Å². The zero-order valence-corrected chi connectivity index (χ0v) is 12.7. The van der Waals surface area contributed by atoms with Crippen LogP contribution in [0.1, 0.15) is 25.0 Å². The number of esters is 2. The number of ether oxygens (including phenoxy) is 2. The van der Waals surface area contributed by atoms with Gasteiger partial charge in [-0.15, -0.1) is 0 Å². The van der Waals surface area contributed by atoms with Crippen LogP contribution in [0.4, 0.5) is 0 Å². The van der Waals surface area contributed by atoms with Crippen LogP contribution >= 0.6 is 0 Å². The van der Waals surface area contributed by atoms with Crippen molar-refractivity contribution in [3.8, 4) is 11.1 Å². The van der Waals surface area contributed by atoms with Crippen LogP contribution in [0.5, 0.6) is 0 Å². The first-order valence-electron chi connectivity index (χ1n) is 7.01. The zero-order valence-electron chi connectivity index (χ0n) is 12.7. The lowest BCUT2D eigenvalue weighted by Gasteiger charge is -2.15. The molecule has 114 valence electrons. The minimum Gasteiger partial charge on any atom is -0.461 e. The normalized spacial score (nSPS) is 10.1. The molecule has 0 saturated heterocycles. The molecule has 0 N–H and O–H groups in total. The first-order chi connectivity index (χ1) is 10.6. The molecule has 0 saturated carbocycles. The summed E-state index contributed by atoms with van der Waals surface area (Å²) < 4.78 is 10.2. The molecule has 0 bridgehead atoms. The molecule has 0 amide bonds. The molecule has 0 aliphatic carbocycles. The number of benzene rings is 2. The maximum absolute atomic E-state index is 11.1. The summed E-state index contributed by atoms with van der Waals surface area (Å²) in [7, 11) is 0. The first kappa shape index (κ1) is 15.8. The van der Waals surface area contributed by atoms with Gasteiger partial charge in [0.1, 0.15) is 13.2 Å². The highest BCUT2D eigenvalue weighted by Crippen LogP contribution is 2.27. The fraction of sp³-hybridized carbons (Fsp3) is 0.222. The quantitative estimate of drug-likeness (QED) is 0.793. The van der Waals surface area contributed by atoms with Crippen LogP contribution in [0.3, 0.4) is 0 Å². The van der Waals surface area contributed by atoms with E-state index in [4.69, 9.17) is 9.47 Å². The lowest BCUT2D eigenvalue weighted by atomic mass is 9.96. The topological polar surface area (TPSA) is 52.6 Å². The molecule has 2 aromatic rings. The maximum atomic E-state index is 11.1. The van der Waals surface area contributed by atoms with E-state index < -0.39 is 0 Å². The largest absolute Gasteiger partial charge is 0.461 e. The average molecular weight is 298 g/mol. The third-order valence-corrected chi connectivity index (χ3v) is 3.21. The minimum absolute atomic E-state index is 0.150. The summed E-state index contributed by atoms with van der Waals surface area (Å²) in [5.41, 5.74) is 3.67. The van der Waals surface area contributed by atoms with Crippen molar-refractivity contribution >= 4 is 11.9 Å². The van der Waals surface area contributed by atoms with Gasteiger partial charge in [-0.25, -0.2) is 0 Å². The van der Waals surface area contributed by atoms with Crippen molar-refractivity contribution in [3.05, 3.63) is 59.7 Å². The van der Waals surface area contributed by atoms with Crippen LogP contribution in [0.2, 0.25) is 0 Å². The summed E-state index contributed by atoms with van der Waals surface area (Å²) in [6.07, 6.45) is 0. The molecule has 2 aromatic carbocycles. The zero-order chi connectivity index (χ0) is 15.9. The van der Waals surface area contributed by atoms with E-state index in [1.807, 2.05) is 48.5 Å². The Kier molecular flexibility index (Phi) is 5.31. The summed E-state index contributed by atoms with van der Waals surface area (Å²) in [5, 5.41) is 0. The molecule has 0 aliphatic rings. The van der Waals surface area contributed by atoms with Crippen molar-refractivity contribution in [2.75, 3.05) is 0 Å². The van der Waals surface area contributed by atoms with Gasteiger partial charge in [-0.2, -0.15) is 0 Å². The standard InChI is InChI=1S/C18H18O4/c1-13(19)21-11-16-9-6-10-17(15-7-4-3-5-8-15)18(16)12-22-14(2)20/h3-10H,11-12H2,1-2H3. The summed E-state index contributed by atoms with van der Waals surface area (Å²) >= 11 is 0. The van der Waals surface area contributed by atoms with E-state index >= 15 is 0 Å². The third kappa shape index (κ3) is 4.19. The van der Waals surface area contributed by atoms with Gasteiger partial charge in [0, 0.05) is 19.4 Å². The molecule has 4 nitrogen and oxygen atoms in total. The Balaban J connectivity index is 2.40. The molecule has 2 rings (SSSR count). The summed E-state index contributed by atoms with van der Waals surface area (Å²) in [6, 6.07) is 15.5. The molecule has 0 spiro atoms. The third-order valence-electron chi connectivity index (χ3n) is 3.21. The molecule has 0 unspecified atom stereocenters. The average Bonchev–Trinajstić information content (AvgIpc) is 2.51. The minimum atomic E-state index is -0.346. The number of rotatable bonds is 5. The van der Waals surface area contributed by atoms with Crippen molar-refractivity contribution in [1.29, 1.82) is 0 Å². The SMILES string of the molecule is CC(=O)OCc1cccc(-c2ccccc2)c1COC(C)=O. The number of hydrogen-bond donors (Lipinski definition) is 0. The fourth-order valence-electron chi connectivity index (χ4n) is 2.18. The maximum Gasteiger partial charge on any atom is 0.302 e. The second-order valence-corrected chi connectivity index (χ2v) is 4.87. The first-order valence-corrected chi connectivity index (χ1v) is 7.01. The molecule has 4 heteroatoms. The smallest absolute Gasteiger partial charge is 0.302 e. The van der Waals surface area contributed by atoms with E-state index in [1.165, 1.54) is 13.8 Å². The Bertz CT molecular complexity index is 662. The second-order valence-electron chi connectivity index (χ2n) is 4.87. The molecule has 22 heavy (non-hydrogen) atoms. The Hall–Kier alpha value is -2.62. The van der Waals surface area contributed by atoms with Gasteiger partial charge in [-0.05, 0) is 16.7 Å². The molecule has 0 aromatic heterocycles. The molecule has 0 fully saturated rings. The van der Waals surface area contributed by atoms with Crippen LogP contribution in [0.25, 0.3) is 11.1 Å². The van der Waals surface area contributed by atoms with Gasteiger partial charge >= 0.3 is 11.9 Å². The lowest BCUT2D eigenvalue weighted by Crippen LogP contribution is -2.07. The van der Waals surface area contributed by atoms with Crippen LogP contribution in [-0.4, -0.2) is 11.9 Å². The van der Waals surface area contributed by atoms with Crippen LogP contribution in [-0.2, 0) is 32.3 Å². The molecular formula is C18H18O4. The van der Waals surface area contributed by atoms with Gasteiger partial charge in [0.25, 0.3) is 0 Å². The summed E-state index contributed by atoms with van der Waals surface area (Å²) in [5.74, 6) is -0.690. The van der Waals surface area contributed by atoms with Crippen LogP contribution in [0, 0.1) is 0 Å². The van der Waals surface area contributed by atoms with Gasteiger partial charge < -0.3 is 9.47 Å². The molecular weight excluding hydrogens is 280 g/mol. The number of hydrogen-bond acceptors (Lipinski definition) is 4. The Labute approximate surface area is 129 Å². The van der Waals surface area contributed by atoms with E-state index in [0.717, 1.165) is 22.3 Å². The number of carbonyl (C=O) groups excluding carboxylic acids is 2. The lowest BCUT2D eigenvalue weighted by molar-refractivity contribution is -0.143. The molecule has 0 aliphatic heterocycles. The van der Waals surface area contributed by atoms with E-state index in [-0.39, 0.29) is 25.2 Å². The predicted molar refractivity (Wildman–Crippen MR) is 82.8 cm³/mol. The van der Waals surface area contributed by atoms with Crippen molar-refractivity contribution < 1.29 is 19.1 Å². The predicted octanol–water partition coefficient (Wildman–Crippen LogP) is 3.48. The highest BCUT2D eigenvalue weighted by molar-refractivity contribution is 5.70. The van der Waals surface area contributed by atoms with Crippen molar-refractivity contribution in [2.45, 2.75) is 27.1 Å². The molecule has 0 atom stereocenters. The van der Waals surface area contributed by atoms with E-state index in [1.54, 1.807) is 0 Å². The second kappa shape index (κ2) is 7.41. The summed E-state index contributed by atoms with van der Waals surface area (Å²) in [6.45, 7) is 3.05.